The van der Waals surface area contributed by atoms with Crippen LogP contribution in [0.25, 0.3) is 6.08 Å². The normalized spacial score (nSPS) is 14.1. The van der Waals surface area contributed by atoms with Crippen molar-refractivity contribution in [3.63, 3.8) is 0 Å². The zero-order valence-corrected chi connectivity index (χ0v) is 25.3. The largest absolute Gasteiger partial charge is 0.405 e. The molecule has 17 heteroatoms. The van der Waals surface area contributed by atoms with E-state index in [-0.39, 0.29) is 36.2 Å². The van der Waals surface area contributed by atoms with Crippen LogP contribution < -0.4 is 10.6 Å². The van der Waals surface area contributed by atoms with Gasteiger partial charge in [0.2, 0.25) is 5.91 Å². The molecular weight excluding hydrogens is 713 g/mol. The first kappa shape index (κ1) is 35.2. The third kappa shape index (κ3) is 11.3. The number of nitrogens with one attached hydrogen (secondary N) is 2. The number of halogens is 10. The van der Waals surface area contributed by atoms with Gasteiger partial charge in [0.15, 0.2) is 0 Å². The van der Waals surface area contributed by atoms with E-state index in [2.05, 4.69) is 21.2 Å². The predicted octanol–water partition coefficient (Wildman–Crippen LogP) is 6.98. The highest BCUT2D eigenvalue weighted by molar-refractivity contribution is 9.10. The van der Waals surface area contributed by atoms with E-state index in [0.717, 1.165) is 30.5 Å². The Hall–Kier alpha value is -2.00. The molecule has 0 heterocycles. The predicted molar refractivity (Wildman–Crippen MR) is 148 cm³/mol. The number of benzene rings is 2. The van der Waals surface area contributed by atoms with Gasteiger partial charge in [-0.05, 0) is 57.7 Å². The Morgan fingerprint density at radius 3 is 2.10 bits per heavy atom. The molecule has 0 aromatic heterocycles. The van der Waals surface area contributed by atoms with Gasteiger partial charge in [0.1, 0.15) is 22.4 Å². The van der Waals surface area contributed by atoms with Crippen molar-refractivity contribution in [2.75, 3.05) is 18.6 Å². The van der Waals surface area contributed by atoms with Crippen molar-refractivity contribution < 1.29 is 44.3 Å². The smallest absolute Gasteiger partial charge is 0.345 e. The van der Waals surface area contributed by atoms with Crippen LogP contribution in [0.5, 0.6) is 0 Å². The van der Waals surface area contributed by atoms with Crippen LogP contribution in [0.4, 0.5) is 26.3 Å². The van der Waals surface area contributed by atoms with E-state index < -0.39 is 64.7 Å². The van der Waals surface area contributed by atoms with Gasteiger partial charge in [-0.3, -0.25) is 9.59 Å². The summed E-state index contributed by atoms with van der Waals surface area (Å²) in [4.78, 5) is 25.1. The molecule has 0 aliphatic rings. The summed E-state index contributed by atoms with van der Waals surface area (Å²) < 4.78 is 102. The SMILES string of the molecule is CS(=O)(=O)CCC(NC(=O)c1ccc(/C=C/C(c2cc(Cl)c(Cl)c(Cl)c2)C(F)(F)F)cc1Br)C(=O)NCC(F)(F)F. The summed E-state index contributed by atoms with van der Waals surface area (Å²) in [5, 5.41) is 3.35. The summed E-state index contributed by atoms with van der Waals surface area (Å²) in [6.07, 6.45) is -7.18. The summed E-state index contributed by atoms with van der Waals surface area (Å²) in [6.45, 7) is -1.70. The molecule has 2 aromatic carbocycles. The number of amides is 2. The summed E-state index contributed by atoms with van der Waals surface area (Å²) in [6, 6.07) is 4.20. The average Bonchev–Trinajstić information content (AvgIpc) is 2.81. The molecule has 2 unspecified atom stereocenters. The van der Waals surface area contributed by atoms with Gasteiger partial charge in [-0.2, -0.15) is 26.3 Å². The Labute approximate surface area is 254 Å². The quantitative estimate of drug-likeness (QED) is 0.204. The van der Waals surface area contributed by atoms with Gasteiger partial charge in [-0.15, -0.1) is 0 Å². The van der Waals surface area contributed by atoms with E-state index >= 15 is 0 Å². The maximum Gasteiger partial charge on any atom is 0.405 e. The van der Waals surface area contributed by atoms with Crippen LogP contribution in [-0.2, 0) is 14.6 Å². The molecule has 0 saturated carbocycles. The van der Waals surface area contributed by atoms with E-state index in [1.54, 1.807) is 5.32 Å². The van der Waals surface area contributed by atoms with E-state index in [1.165, 1.54) is 18.2 Å². The number of carbonyl (C=O) groups is 2. The molecule has 2 N–H and O–H groups in total. The van der Waals surface area contributed by atoms with Crippen LogP contribution in [0, 0.1) is 0 Å². The maximum absolute atomic E-state index is 13.8. The first-order valence-electron chi connectivity index (χ1n) is 11.2. The molecule has 0 bridgehead atoms. The molecule has 6 nitrogen and oxygen atoms in total. The number of allylic oxidation sites excluding steroid dienone is 1. The molecule has 0 fully saturated rings. The van der Waals surface area contributed by atoms with Crippen LogP contribution in [0.3, 0.4) is 0 Å². The molecule has 0 saturated heterocycles. The lowest BCUT2D eigenvalue weighted by Gasteiger charge is -2.19. The maximum atomic E-state index is 13.8. The lowest BCUT2D eigenvalue weighted by atomic mass is 9.97. The Bertz CT molecular complexity index is 1410. The van der Waals surface area contributed by atoms with E-state index in [9.17, 15) is 44.3 Å². The third-order valence-electron chi connectivity index (χ3n) is 5.30. The fraction of sp³-hybridized carbons (Fsp3) is 0.333. The van der Waals surface area contributed by atoms with Crippen LogP contribution in [0.1, 0.15) is 33.8 Å². The van der Waals surface area contributed by atoms with Crippen molar-refractivity contribution >= 4 is 78.5 Å². The molecule has 0 aliphatic carbocycles. The van der Waals surface area contributed by atoms with Crippen molar-refractivity contribution in [1.29, 1.82) is 0 Å². The summed E-state index contributed by atoms with van der Waals surface area (Å²) in [5.41, 5.74) is -0.184. The van der Waals surface area contributed by atoms with Crippen LogP contribution >= 0.6 is 50.7 Å². The lowest BCUT2D eigenvalue weighted by Crippen LogP contribution is -2.49. The minimum Gasteiger partial charge on any atom is -0.345 e. The Morgan fingerprint density at radius 2 is 1.61 bits per heavy atom. The van der Waals surface area contributed by atoms with Gasteiger partial charge in [-0.25, -0.2) is 8.42 Å². The van der Waals surface area contributed by atoms with E-state index in [0.29, 0.717) is 0 Å². The van der Waals surface area contributed by atoms with Crippen LogP contribution in [0.15, 0.2) is 40.9 Å². The third-order valence-corrected chi connectivity index (χ3v) is 8.13. The molecule has 0 spiro atoms. The molecule has 2 atom stereocenters. The number of sulfone groups is 1. The molecular formula is C24H20BrCl3F6N2O4S. The van der Waals surface area contributed by atoms with Gasteiger partial charge in [0.05, 0.1) is 32.3 Å². The lowest BCUT2D eigenvalue weighted by molar-refractivity contribution is -0.139. The minimum atomic E-state index is -4.75. The highest BCUT2D eigenvalue weighted by atomic mass is 79.9. The second-order valence-electron chi connectivity index (χ2n) is 8.69. The summed E-state index contributed by atoms with van der Waals surface area (Å²) in [5.74, 6) is -4.93. The number of hydrogen-bond donors (Lipinski definition) is 2. The fourth-order valence-corrected chi connectivity index (χ4v) is 5.19. The Morgan fingerprint density at radius 1 is 1.02 bits per heavy atom. The number of carbonyl (C=O) groups excluding carboxylic acids is 2. The Balaban J connectivity index is 2.28. The van der Waals surface area contributed by atoms with E-state index in [1.807, 2.05) is 0 Å². The van der Waals surface area contributed by atoms with E-state index in [4.69, 9.17) is 34.8 Å². The van der Waals surface area contributed by atoms with Crippen molar-refractivity contribution in [3.8, 4) is 0 Å². The zero-order chi connectivity index (χ0) is 31.3. The first-order chi connectivity index (χ1) is 18.7. The monoisotopic (exact) mass is 730 g/mol. The second-order valence-corrected chi connectivity index (χ2v) is 13.0. The van der Waals surface area contributed by atoms with Crippen LogP contribution in [0.2, 0.25) is 15.1 Å². The number of alkyl halides is 6. The molecule has 2 amide bonds. The molecule has 0 aliphatic heterocycles. The standard InChI is InChI=1S/C24H20BrCl3F6N2O4S/c1-41(39,40)7-6-19(22(38)35-11-23(29,30)31)36-21(37)14-4-2-12(8-16(14)25)3-5-15(24(32,33)34)13-9-17(26)20(28)18(27)10-13/h2-5,8-10,15,19H,6-7,11H2,1H3,(H,35,38)(H,36,37)/b5-3+. The molecule has 2 aromatic rings. The number of rotatable bonds is 10. The summed E-state index contributed by atoms with van der Waals surface area (Å²) in [7, 11) is -3.63. The highest BCUT2D eigenvalue weighted by Crippen LogP contribution is 2.41. The second kappa shape index (κ2) is 14.0. The zero-order valence-electron chi connectivity index (χ0n) is 20.6. The minimum absolute atomic E-state index is 0.0656. The van der Waals surface area contributed by atoms with Gasteiger partial charge in [0.25, 0.3) is 5.91 Å². The van der Waals surface area contributed by atoms with Crippen LogP contribution in [-0.4, -0.2) is 57.2 Å². The van der Waals surface area contributed by atoms with Crippen molar-refractivity contribution in [1.82, 2.24) is 10.6 Å². The van der Waals surface area contributed by atoms with Gasteiger partial charge in [-0.1, -0.05) is 53.0 Å². The van der Waals surface area contributed by atoms with Crippen molar-refractivity contribution in [3.05, 3.63) is 72.6 Å². The van der Waals surface area contributed by atoms with Gasteiger partial charge >= 0.3 is 12.4 Å². The van der Waals surface area contributed by atoms with Crippen molar-refractivity contribution in [2.45, 2.75) is 30.7 Å². The molecule has 0 radical (unpaired) electrons. The Kier molecular flexibility index (Phi) is 12.0. The highest BCUT2D eigenvalue weighted by Gasteiger charge is 2.39. The number of hydrogen-bond acceptors (Lipinski definition) is 4. The summed E-state index contributed by atoms with van der Waals surface area (Å²) >= 11 is 20.7. The molecule has 41 heavy (non-hydrogen) atoms. The molecule has 2 rings (SSSR count). The molecule has 226 valence electrons. The van der Waals surface area contributed by atoms with Crippen molar-refractivity contribution in [2.24, 2.45) is 0 Å². The van der Waals surface area contributed by atoms with Gasteiger partial charge < -0.3 is 10.6 Å². The topological polar surface area (TPSA) is 92.3 Å². The fourth-order valence-electron chi connectivity index (χ4n) is 3.34. The van der Waals surface area contributed by atoms with Gasteiger partial charge in [0, 0.05) is 10.7 Å². The first-order valence-corrected chi connectivity index (χ1v) is 15.2. The average molecular weight is 733 g/mol.